The highest BCUT2D eigenvalue weighted by atomic mass is 16.3. The summed E-state index contributed by atoms with van der Waals surface area (Å²) in [5.74, 6) is 0.897. The Morgan fingerprint density at radius 3 is 2.46 bits per heavy atom. The zero-order valence-corrected chi connectivity index (χ0v) is 8.50. The molecule has 0 spiro atoms. The number of nitrogens with one attached hydrogen (secondary N) is 1. The van der Waals surface area contributed by atoms with Crippen LogP contribution in [0.5, 0.6) is 0 Å². The molecular formula is C11H21NO. The van der Waals surface area contributed by atoms with Gasteiger partial charge in [0, 0.05) is 12.1 Å². The first-order valence-corrected chi connectivity index (χ1v) is 5.71. The van der Waals surface area contributed by atoms with Crippen LogP contribution in [0.15, 0.2) is 0 Å². The van der Waals surface area contributed by atoms with E-state index in [1.54, 1.807) is 0 Å². The van der Waals surface area contributed by atoms with E-state index < -0.39 is 0 Å². The van der Waals surface area contributed by atoms with Gasteiger partial charge in [0.25, 0.3) is 0 Å². The van der Waals surface area contributed by atoms with Gasteiger partial charge in [-0.1, -0.05) is 12.8 Å². The lowest BCUT2D eigenvalue weighted by Crippen LogP contribution is -2.46. The molecule has 2 rings (SSSR count). The van der Waals surface area contributed by atoms with Gasteiger partial charge >= 0.3 is 0 Å². The molecule has 0 bridgehead atoms. The van der Waals surface area contributed by atoms with Crippen molar-refractivity contribution in [1.29, 1.82) is 0 Å². The van der Waals surface area contributed by atoms with Gasteiger partial charge in [0.2, 0.25) is 0 Å². The van der Waals surface area contributed by atoms with Crippen LogP contribution >= 0.6 is 0 Å². The zero-order chi connectivity index (χ0) is 9.26. The Hall–Kier alpha value is -0.0800. The summed E-state index contributed by atoms with van der Waals surface area (Å²) in [6.07, 6.45) is 7.33. The van der Waals surface area contributed by atoms with Crippen molar-refractivity contribution in [1.82, 2.24) is 5.32 Å². The van der Waals surface area contributed by atoms with Crippen LogP contribution < -0.4 is 5.32 Å². The molecule has 2 N–H and O–H groups in total. The van der Waals surface area contributed by atoms with Crippen molar-refractivity contribution < 1.29 is 5.11 Å². The Morgan fingerprint density at radius 1 is 1.15 bits per heavy atom. The van der Waals surface area contributed by atoms with Gasteiger partial charge in [0.05, 0.1) is 6.10 Å². The van der Waals surface area contributed by atoms with E-state index in [1.165, 1.54) is 25.7 Å². The van der Waals surface area contributed by atoms with E-state index in [0.717, 1.165) is 18.8 Å². The van der Waals surface area contributed by atoms with E-state index in [9.17, 15) is 5.11 Å². The summed E-state index contributed by atoms with van der Waals surface area (Å²) in [6.45, 7) is 2.26. The highest BCUT2D eigenvalue weighted by molar-refractivity contribution is 4.89. The lowest BCUT2D eigenvalue weighted by molar-refractivity contribution is 0.0845. The standard InChI is InChI=1S/C11H21NO/c1-8(9-6-7-9)12-10-4-2-3-5-11(10)13/h8-13H,2-7H2,1H3. The predicted octanol–water partition coefficient (Wildman–Crippen LogP) is 1.68. The Bertz CT molecular complexity index is 167. The highest BCUT2D eigenvalue weighted by Crippen LogP contribution is 2.33. The first kappa shape index (κ1) is 9.47. The highest BCUT2D eigenvalue weighted by Gasteiger charge is 2.31. The predicted molar refractivity (Wildman–Crippen MR) is 53.6 cm³/mol. The summed E-state index contributed by atoms with van der Waals surface area (Å²) in [5, 5.41) is 13.3. The molecule has 0 aromatic rings. The number of rotatable bonds is 3. The number of hydrogen-bond acceptors (Lipinski definition) is 2. The summed E-state index contributed by atoms with van der Waals surface area (Å²) in [5.41, 5.74) is 0. The Balaban J connectivity index is 1.77. The number of hydrogen-bond donors (Lipinski definition) is 2. The molecule has 76 valence electrons. The minimum absolute atomic E-state index is 0.0880. The van der Waals surface area contributed by atoms with Gasteiger partial charge in [-0.3, -0.25) is 0 Å². The van der Waals surface area contributed by atoms with Crippen molar-refractivity contribution >= 4 is 0 Å². The van der Waals surface area contributed by atoms with Crippen molar-refractivity contribution in [2.45, 2.75) is 63.6 Å². The van der Waals surface area contributed by atoms with E-state index in [4.69, 9.17) is 0 Å². The molecule has 2 aliphatic carbocycles. The lowest BCUT2D eigenvalue weighted by Gasteiger charge is -2.31. The third-order valence-corrected chi connectivity index (χ3v) is 3.54. The molecule has 13 heavy (non-hydrogen) atoms. The number of aliphatic hydroxyl groups is 1. The minimum atomic E-state index is -0.0880. The van der Waals surface area contributed by atoms with Crippen LogP contribution in [-0.4, -0.2) is 23.3 Å². The fraction of sp³-hybridized carbons (Fsp3) is 1.00. The van der Waals surface area contributed by atoms with E-state index in [-0.39, 0.29) is 6.10 Å². The van der Waals surface area contributed by atoms with Crippen LogP contribution in [0.4, 0.5) is 0 Å². The molecule has 3 atom stereocenters. The van der Waals surface area contributed by atoms with Gasteiger partial charge in [-0.2, -0.15) is 0 Å². The molecular weight excluding hydrogens is 162 g/mol. The molecule has 2 fully saturated rings. The maximum atomic E-state index is 9.76. The van der Waals surface area contributed by atoms with Gasteiger partial charge in [0.1, 0.15) is 0 Å². The quantitative estimate of drug-likeness (QED) is 0.697. The Morgan fingerprint density at radius 2 is 1.85 bits per heavy atom. The molecule has 0 aliphatic heterocycles. The Kier molecular flexibility index (Phi) is 2.89. The van der Waals surface area contributed by atoms with Crippen LogP contribution in [-0.2, 0) is 0 Å². The summed E-state index contributed by atoms with van der Waals surface area (Å²) in [4.78, 5) is 0. The summed E-state index contributed by atoms with van der Waals surface area (Å²) < 4.78 is 0. The molecule has 2 nitrogen and oxygen atoms in total. The van der Waals surface area contributed by atoms with Crippen LogP contribution in [0.2, 0.25) is 0 Å². The van der Waals surface area contributed by atoms with E-state index in [2.05, 4.69) is 12.2 Å². The van der Waals surface area contributed by atoms with Crippen molar-refractivity contribution in [3.05, 3.63) is 0 Å². The summed E-state index contributed by atoms with van der Waals surface area (Å²) in [6, 6.07) is 1.00. The second-order valence-electron chi connectivity index (χ2n) is 4.75. The average Bonchev–Trinajstić information content (AvgIpc) is 2.91. The average molecular weight is 183 g/mol. The van der Waals surface area contributed by atoms with Gasteiger partial charge in [-0.15, -0.1) is 0 Å². The zero-order valence-electron chi connectivity index (χ0n) is 8.50. The molecule has 2 saturated carbocycles. The minimum Gasteiger partial charge on any atom is -0.392 e. The first-order valence-electron chi connectivity index (χ1n) is 5.71. The number of aliphatic hydroxyl groups excluding tert-OH is 1. The van der Waals surface area contributed by atoms with Gasteiger partial charge in [-0.25, -0.2) is 0 Å². The van der Waals surface area contributed by atoms with Crippen LogP contribution in [0.1, 0.15) is 45.4 Å². The van der Waals surface area contributed by atoms with E-state index >= 15 is 0 Å². The maximum Gasteiger partial charge on any atom is 0.0693 e. The van der Waals surface area contributed by atoms with Crippen LogP contribution in [0, 0.1) is 5.92 Å². The van der Waals surface area contributed by atoms with Gasteiger partial charge in [0.15, 0.2) is 0 Å². The van der Waals surface area contributed by atoms with Crippen LogP contribution in [0.3, 0.4) is 0 Å². The van der Waals surface area contributed by atoms with E-state index in [1.807, 2.05) is 0 Å². The molecule has 0 saturated heterocycles. The molecule has 0 aromatic heterocycles. The monoisotopic (exact) mass is 183 g/mol. The Labute approximate surface area is 80.7 Å². The summed E-state index contributed by atoms with van der Waals surface area (Å²) in [7, 11) is 0. The normalized spacial score (nSPS) is 37.4. The molecule has 3 unspecified atom stereocenters. The lowest BCUT2D eigenvalue weighted by atomic mass is 9.92. The second kappa shape index (κ2) is 3.97. The molecule has 0 aromatic carbocycles. The molecule has 0 heterocycles. The molecule has 2 heteroatoms. The van der Waals surface area contributed by atoms with Crippen LogP contribution in [0.25, 0.3) is 0 Å². The maximum absolute atomic E-state index is 9.76. The summed E-state index contributed by atoms with van der Waals surface area (Å²) >= 11 is 0. The SMILES string of the molecule is CC(NC1CCCCC1O)C1CC1. The topological polar surface area (TPSA) is 32.3 Å². The third kappa shape index (κ3) is 2.44. The fourth-order valence-electron chi connectivity index (χ4n) is 2.38. The van der Waals surface area contributed by atoms with E-state index in [0.29, 0.717) is 12.1 Å². The van der Waals surface area contributed by atoms with Crippen molar-refractivity contribution in [2.24, 2.45) is 5.92 Å². The first-order chi connectivity index (χ1) is 6.27. The van der Waals surface area contributed by atoms with Gasteiger partial charge < -0.3 is 10.4 Å². The fourth-order valence-corrected chi connectivity index (χ4v) is 2.38. The molecule has 0 radical (unpaired) electrons. The molecule has 2 aliphatic rings. The third-order valence-electron chi connectivity index (χ3n) is 3.54. The second-order valence-corrected chi connectivity index (χ2v) is 4.75. The van der Waals surface area contributed by atoms with Crippen molar-refractivity contribution in [3.63, 3.8) is 0 Å². The van der Waals surface area contributed by atoms with Crippen molar-refractivity contribution in [3.8, 4) is 0 Å². The van der Waals surface area contributed by atoms with Gasteiger partial charge in [-0.05, 0) is 38.5 Å². The largest absolute Gasteiger partial charge is 0.392 e. The smallest absolute Gasteiger partial charge is 0.0693 e. The molecule has 0 amide bonds. The van der Waals surface area contributed by atoms with Crippen molar-refractivity contribution in [2.75, 3.05) is 0 Å².